The summed E-state index contributed by atoms with van der Waals surface area (Å²) in [7, 11) is 0. The van der Waals surface area contributed by atoms with Crippen LogP contribution in [0.2, 0.25) is 0 Å². The summed E-state index contributed by atoms with van der Waals surface area (Å²) in [6.45, 7) is 3.25. The first-order valence-electron chi connectivity index (χ1n) is 5.32. The van der Waals surface area contributed by atoms with Crippen molar-refractivity contribution in [1.82, 2.24) is 0 Å². The summed E-state index contributed by atoms with van der Waals surface area (Å²) in [5.41, 5.74) is -0.0875. The average molecular weight is 243 g/mol. The van der Waals surface area contributed by atoms with Gasteiger partial charge in [0, 0.05) is 6.07 Å². The second-order valence-electron chi connectivity index (χ2n) is 4.15. The lowest BCUT2D eigenvalue weighted by Crippen LogP contribution is -2.30. The van der Waals surface area contributed by atoms with Gasteiger partial charge >= 0.3 is 0 Å². The van der Waals surface area contributed by atoms with Gasteiger partial charge in [0.2, 0.25) is 5.91 Å². The molecule has 2 N–H and O–H groups in total. The van der Waals surface area contributed by atoms with E-state index in [0.717, 1.165) is 12.1 Å². The topological polar surface area (TPSA) is 49.3 Å². The number of halogens is 2. The van der Waals surface area contributed by atoms with Crippen LogP contribution in [0.15, 0.2) is 18.2 Å². The van der Waals surface area contributed by atoms with Crippen LogP contribution in [0.1, 0.15) is 13.8 Å². The van der Waals surface area contributed by atoms with Crippen molar-refractivity contribution in [1.29, 1.82) is 0 Å². The van der Waals surface area contributed by atoms with Crippen molar-refractivity contribution in [2.45, 2.75) is 13.8 Å². The highest BCUT2D eigenvalue weighted by Crippen LogP contribution is 2.18. The quantitative estimate of drug-likeness (QED) is 0.851. The lowest BCUT2D eigenvalue weighted by Gasteiger charge is -2.17. The molecule has 1 atom stereocenters. The number of hydrogen-bond donors (Lipinski definition) is 2. The Kier molecular flexibility index (Phi) is 4.57. The normalized spacial score (nSPS) is 12.6. The van der Waals surface area contributed by atoms with Crippen molar-refractivity contribution in [3.8, 4) is 0 Å². The van der Waals surface area contributed by atoms with Gasteiger partial charge in [-0.2, -0.15) is 0 Å². The molecule has 1 amide bonds. The lowest BCUT2D eigenvalue weighted by molar-refractivity contribution is -0.122. The molecule has 0 bridgehead atoms. The van der Waals surface area contributed by atoms with Gasteiger partial charge in [-0.15, -0.1) is 0 Å². The van der Waals surface area contributed by atoms with Crippen LogP contribution in [0.25, 0.3) is 0 Å². The van der Waals surface area contributed by atoms with Crippen LogP contribution in [0, 0.1) is 23.5 Å². The van der Waals surface area contributed by atoms with Crippen molar-refractivity contribution in [3.63, 3.8) is 0 Å². The molecule has 0 aliphatic rings. The minimum absolute atomic E-state index is 0.0662. The van der Waals surface area contributed by atoms with Crippen molar-refractivity contribution in [2.75, 3.05) is 11.9 Å². The smallest absolute Gasteiger partial charge is 0.230 e. The predicted molar refractivity (Wildman–Crippen MR) is 60.4 cm³/mol. The first-order chi connectivity index (χ1) is 7.95. The molecule has 5 heteroatoms. The van der Waals surface area contributed by atoms with Crippen LogP contribution < -0.4 is 5.32 Å². The Labute approximate surface area is 98.5 Å². The molecule has 0 radical (unpaired) electrons. The third-order valence-corrected chi connectivity index (χ3v) is 2.53. The minimum Gasteiger partial charge on any atom is -0.396 e. The Morgan fingerprint density at radius 1 is 1.41 bits per heavy atom. The van der Waals surface area contributed by atoms with Gasteiger partial charge in [0.25, 0.3) is 0 Å². The summed E-state index contributed by atoms with van der Waals surface area (Å²) in [5.74, 6) is -2.70. The second kappa shape index (κ2) is 5.72. The Bertz CT molecular complexity index is 407. The molecular weight excluding hydrogens is 228 g/mol. The number of benzene rings is 1. The van der Waals surface area contributed by atoms with E-state index in [1.807, 2.05) is 0 Å². The first-order valence-corrected chi connectivity index (χ1v) is 5.32. The van der Waals surface area contributed by atoms with Crippen LogP contribution in [-0.2, 0) is 4.79 Å². The zero-order valence-corrected chi connectivity index (χ0v) is 9.71. The maximum atomic E-state index is 13.3. The van der Waals surface area contributed by atoms with Gasteiger partial charge in [-0.3, -0.25) is 4.79 Å². The molecule has 0 aliphatic carbocycles. The number of rotatable bonds is 4. The fraction of sp³-hybridized carbons (Fsp3) is 0.417. The van der Waals surface area contributed by atoms with E-state index in [-0.39, 0.29) is 18.2 Å². The summed E-state index contributed by atoms with van der Waals surface area (Å²) in [5, 5.41) is 11.4. The molecule has 0 spiro atoms. The highest BCUT2D eigenvalue weighted by Gasteiger charge is 2.22. The average Bonchev–Trinajstić information content (AvgIpc) is 2.22. The number of aliphatic hydroxyl groups excluding tert-OH is 1. The van der Waals surface area contributed by atoms with E-state index in [4.69, 9.17) is 5.11 Å². The number of carbonyl (C=O) groups excluding carboxylic acids is 1. The highest BCUT2D eigenvalue weighted by molar-refractivity contribution is 5.92. The second-order valence-corrected chi connectivity index (χ2v) is 4.15. The SMILES string of the molecule is CC(C)C(CO)C(=O)Nc1ccc(F)cc1F. The van der Waals surface area contributed by atoms with E-state index in [9.17, 15) is 13.6 Å². The largest absolute Gasteiger partial charge is 0.396 e. The Morgan fingerprint density at radius 2 is 2.06 bits per heavy atom. The zero-order chi connectivity index (χ0) is 13.0. The molecule has 3 nitrogen and oxygen atoms in total. The molecule has 0 saturated carbocycles. The van der Waals surface area contributed by atoms with Gasteiger partial charge in [-0.05, 0) is 18.1 Å². The van der Waals surface area contributed by atoms with E-state index in [0.29, 0.717) is 6.07 Å². The lowest BCUT2D eigenvalue weighted by atomic mass is 9.96. The molecule has 0 fully saturated rings. The Balaban J connectivity index is 2.80. The van der Waals surface area contributed by atoms with Crippen LogP contribution in [-0.4, -0.2) is 17.6 Å². The standard InChI is InChI=1S/C12H15F2NO2/c1-7(2)9(6-16)12(17)15-11-4-3-8(13)5-10(11)14/h3-5,7,9,16H,6H2,1-2H3,(H,15,17). The third-order valence-electron chi connectivity index (χ3n) is 2.53. The molecule has 0 saturated heterocycles. The van der Waals surface area contributed by atoms with E-state index in [1.54, 1.807) is 13.8 Å². The fourth-order valence-electron chi connectivity index (χ4n) is 1.41. The van der Waals surface area contributed by atoms with Gasteiger partial charge in [0.15, 0.2) is 0 Å². The van der Waals surface area contributed by atoms with E-state index < -0.39 is 23.5 Å². The number of nitrogens with one attached hydrogen (secondary N) is 1. The van der Waals surface area contributed by atoms with E-state index >= 15 is 0 Å². The predicted octanol–water partition coefficient (Wildman–Crippen LogP) is 2.17. The summed E-state index contributed by atoms with van der Waals surface area (Å²) in [6, 6.07) is 2.90. The molecule has 1 aromatic rings. The Hall–Kier alpha value is -1.49. The molecule has 0 heterocycles. The number of amides is 1. The maximum absolute atomic E-state index is 13.3. The molecule has 94 valence electrons. The molecule has 0 aliphatic heterocycles. The summed E-state index contributed by atoms with van der Waals surface area (Å²) in [6.07, 6.45) is 0. The number of carbonyl (C=O) groups is 1. The summed E-state index contributed by atoms with van der Waals surface area (Å²) in [4.78, 5) is 11.7. The summed E-state index contributed by atoms with van der Waals surface area (Å²) < 4.78 is 25.9. The van der Waals surface area contributed by atoms with Crippen molar-refractivity contribution >= 4 is 11.6 Å². The van der Waals surface area contributed by atoms with Crippen molar-refractivity contribution < 1.29 is 18.7 Å². The molecule has 17 heavy (non-hydrogen) atoms. The minimum atomic E-state index is -0.834. The van der Waals surface area contributed by atoms with Gasteiger partial charge in [0.1, 0.15) is 11.6 Å². The summed E-state index contributed by atoms with van der Waals surface area (Å²) >= 11 is 0. The third kappa shape index (κ3) is 3.49. The maximum Gasteiger partial charge on any atom is 0.230 e. The number of anilines is 1. The monoisotopic (exact) mass is 243 g/mol. The zero-order valence-electron chi connectivity index (χ0n) is 9.71. The number of hydrogen-bond acceptors (Lipinski definition) is 2. The highest BCUT2D eigenvalue weighted by atomic mass is 19.1. The number of aliphatic hydroxyl groups is 1. The van der Waals surface area contributed by atoms with Crippen LogP contribution >= 0.6 is 0 Å². The van der Waals surface area contributed by atoms with Crippen LogP contribution in [0.4, 0.5) is 14.5 Å². The van der Waals surface area contributed by atoms with Gasteiger partial charge in [0.05, 0.1) is 18.2 Å². The first kappa shape index (κ1) is 13.6. The molecule has 1 aromatic carbocycles. The van der Waals surface area contributed by atoms with Crippen molar-refractivity contribution in [3.05, 3.63) is 29.8 Å². The Morgan fingerprint density at radius 3 is 2.53 bits per heavy atom. The van der Waals surface area contributed by atoms with Crippen LogP contribution in [0.3, 0.4) is 0 Å². The molecule has 1 rings (SSSR count). The van der Waals surface area contributed by atoms with E-state index in [2.05, 4.69) is 5.32 Å². The van der Waals surface area contributed by atoms with E-state index in [1.165, 1.54) is 0 Å². The molecule has 1 unspecified atom stereocenters. The van der Waals surface area contributed by atoms with Crippen LogP contribution in [0.5, 0.6) is 0 Å². The van der Waals surface area contributed by atoms with Gasteiger partial charge in [-0.1, -0.05) is 13.8 Å². The van der Waals surface area contributed by atoms with Gasteiger partial charge in [-0.25, -0.2) is 8.78 Å². The van der Waals surface area contributed by atoms with Gasteiger partial charge < -0.3 is 10.4 Å². The fourth-order valence-corrected chi connectivity index (χ4v) is 1.41. The molecular formula is C12H15F2NO2. The molecule has 0 aromatic heterocycles. The van der Waals surface area contributed by atoms with Crippen molar-refractivity contribution in [2.24, 2.45) is 11.8 Å².